The highest BCUT2D eigenvalue weighted by Crippen LogP contribution is 2.36. The third-order valence-corrected chi connectivity index (χ3v) is 4.82. The number of hydrogen-bond donors (Lipinski definition) is 0. The Morgan fingerprint density at radius 1 is 0.967 bits per heavy atom. The van der Waals surface area contributed by atoms with Gasteiger partial charge in [-0.1, -0.05) is 41.4 Å². The van der Waals surface area contributed by atoms with Crippen LogP contribution in [0.25, 0.3) is 6.08 Å². The topological polar surface area (TPSA) is 71.1 Å². The Hall–Kier alpha value is -2.70. The van der Waals surface area contributed by atoms with Crippen LogP contribution in [-0.2, 0) is 25.7 Å². The van der Waals surface area contributed by atoms with Crippen LogP contribution < -0.4 is 9.47 Å². The summed E-state index contributed by atoms with van der Waals surface area (Å²) in [6.07, 6.45) is 1.31. The summed E-state index contributed by atoms with van der Waals surface area (Å²) in [6, 6.07) is 10.5. The van der Waals surface area contributed by atoms with Crippen LogP contribution in [0.15, 0.2) is 42.0 Å². The molecule has 2 aromatic rings. The van der Waals surface area contributed by atoms with Crippen LogP contribution in [-0.4, -0.2) is 24.3 Å². The number of esters is 2. The van der Waals surface area contributed by atoms with Gasteiger partial charge in [-0.15, -0.1) is 0 Å². The number of rotatable bonds is 6. The predicted molar refractivity (Wildman–Crippen MR) is 113 cm³/mol. The SMILES string of the molecule is CCOc1cc(C=C2C(=O)OC(C)(C)OC2=O)c(Cl)cc1OCc1ccccc1Cl. The Kier molecular flexibility index (Phi) is 6.58. The molecule has 0 radical (unpaired) electrons. The van der Waals surface area contributed by atoms with Gasteiger partial charge in [0.05, 0.1) is 11.6 Å². The molecule has 1 heterocycles. The van der Waals surface area contributed by atoms with Crippen molar-refractivity contribution in [2.75, 3.05) is 6.61 Å². The van der Waals surface area contributed by atoms with Gasteiger partial charge in [-0.2, -0.15) is 0 Å². The Morgan fingerprint density at radius 2 is 1.60 bits per heavy atom. The van der Waals surface area contributed by atoms with E-state index in [4.69, 9.17) is 42.1 Å². The fourth-order valence-electron chi connectivity index (χ4n) is 2.75. The molecule has 158 valence electrons. The first kappa shape index (κ1) is 22.0. The van der Waals surface area contributed by atoms with Gasteiger partial charge in [-0.25, -0.2) is 9.59 Å². The molecule has 1 aliphatic heterocycles. The fraction of sp³-hybridized carbons (Fsp3) is 0.273. The molecule has 0 amide bonds. The summed E-state index contributed by atoms with van der Waals surface area (Å²) in [5, 5.41) is 0.839. The number of ether oxygens (including phenoxy) is 4. The van der Waals surface area contributed by atoms with Gasteiger partial charge in [0.25, 0.3) is 5.79 Å². The van der Waals surface area contributed by atoms with Gasteiger partial charge in [0.1, 0.15) is 12.2 Å². The lowest BCUT2D eigenvalue weighted by molar-refractivity contribution is -0.222. The van der Waals surface area contributed by atoms with Crippen LogP contribution in [0.5, 0.6) is 11.5 Å². The predicted octanol–water partition coefficient (Wildman–Crippen LogP) is 5.19. The van der Waals surface area contributed by atoms with Crippen LogP contribution in [0, 0.1) is 0 Å². The summed E-state index contributed by atoms with van der Waals surface area (Å²) < 4.78 is 21.7. The molecule has 1 saturated heterocycles. The van der Waals surface area contributed by atoms with Crippen molar-refractivity contribution in [3.05, 3.63) is 63.1 Å². The lowest BCUT2D eigenvalue weighted by atomic mass is 10.1. The zero-order valence-electron chi connectivity index (χ0n) is 16.7. The summed E-state index contributed by atoms with van der Waals surface area (Å²) in [5.74, 6) is -2.09. The molecule has 0 N–H and O–H groups in total. The Bertz CT molecular complexity index is 991. The second-order valence-electron chi connectivity index (χ2n) is 6.87. The quantitative estimate of drug-likeness (QED) is 0.342. The summed E-state index contributed by atoms with van der Waals surface area (Å²) in [4.78, 5) is 24.4. The largest absolute Gasteiger partial charge is 0.490 e. The van der Waals surface area contributed by atoms with E-state index in [0.29, 0.717) is 28.7 Å². The van der Waals surface area contributed by atoms with Gasteiger partial charge < -0.3 is 18.9 Å². The van der Waals surface area contributed by atoms with Gasteiger partial charge in [0.2, 0.25) is 0 Å². The molecule has 0 spiro atoms. The molecular formula is C22H20Cl2O6. The zero-order valence-corrected chi connectivity index (χ0v) is 18.2. The summed E-state index contributed by atoms with van der Waals surface area (Å²) in [6.45, 7) is 5.36. The lowest BCUT2D eigenvalue weighted by Crippen LogP contribution is -2.41. The van der Waals surface area contributed by atoms with E-state index in [1.54, 1.807) is 18.2 Å². The van der Waals surface area contributed by atoms with Gasteiger partial charge in [-0.05, 0) is 30.7 Å². The molecule has 1 aliphatic rings. The number of carbonyl (C=O) groups excluding carboxylic acids is 2. The highest BCUT2D eigenvalue weighted by molar-refractivity contribution is 6.33. The minimum atomic E-state index is -1.32. The van der Waals surface area contributed by atoms with Crippen molar-refractivity contribution in [3.63, 3.8) is 0 Å². The third kappa shape index (κ3) is 5.07. The Morgan fingerprint density at radius 3 is 2.23 bits per heavy atom. The molecule has 0 bridgehead atoms. The smallest absolute Gasteiger partial charge is 0.348 e. The van der Waals surface area contributed by atoms with E-state index in [1.165, 1.54) is 19.9 Å². The number of carbonyl (C=O) groups is 2. The molecule has 0 saturated carbocycles. The number of cyclic esters (lactones) is 2. The minimum Gasteiger partial charge on any atom is -0.490 e. The van der Waals surface area contributed by atoms with E-state index >= 15 is 0 Å². The van der Waals surface area contributed by atoms with Crippen molar-refractivity contribution in [1.29, 1.82) is 0 Å². The summed E-state index contributed by atoms with van der Waals surface area (Å²) in [5.41, 5.74) is 0.927. The van der Waals surface area contributed by atoms with E-state index in [0.717, 1.165) is 5.56 Å². The van der Waals surface area contributed by atoms with E-state index in [2.05, 4.69) is 0 Å². The van der Waals surface area contributed by atoms with Gasteiger partial charge in [-0.3, -0.25) is 0 Å². The van der Waals surface area contributed by atoms with Crippen molar-refractivity contribution < 1.29 is 28.5 Å². The van der Waals surface area contributed by atoms with Crippen molar-refractivity contribution in [2.24, 2.45) is 0 Å². The highest BCUT2D eigenvalue weighted by atomic mass is 35.5. The molecule has 2 aromatic carbocycles. The number of hydrogen-bond acceptors (Lipinski definition) is 6. The van der Waals surface area contributed by atoms with E-state index in [9.17, 15) is 9.59 Å². The standard InChI is InChI=1S/C22H20Cl2O6/c1-4-27-18-10-14(9-15-20(25)29-22(2,3)30-21(15)26)17(24)11-19(18)28-12-13-7-5-6-8-16(13)23/h5-11H,4,12H2,1-3H3. The monoisotopic (exact) mass is 450 g/mol. The molecule has 30 heavy (non-hydrogen) atoms. The minimum absolute atomic E-state index is 0.213. The van der Waals surface area contributed by atoms with E-state index in [-0.39, 0.29) is 17.2 Å². The Labute approximate surface area is 184 Å². The third-order valence-electron chi connectivity index (χ3n) is 4.12. The summed E-state index contributed by atoms with van der Waals surface area (Å²) >= 11 is 12.5. The van der Waals surface area contributed by atoms with Crippen LogP contribution >= 0.6 is 23.2 Å². The lowest BCUT2D eigenvalue weighted by Gasteiger charge is -2.29. The molecule has 0 aliphatic carbocycles. The van der Waals surface area contributed by atoms with Crippen LogP contribution in [0.3, 0.4) is 0 Å². The van der Waals surface area contributed by atoms with Gasteiger partial charge >= 0.3 is 11.9 Å². The summed E-state index contributed by atoms with van der Waals surface area (Å²) in [7, 11) is 0. The van der Waals surface area contributed by atoms with Crippen molar-refractivity contribution in [1.82, 2.24) is 0 Å². The molecule has 3 rings (SSSR count). The van der Waals surface area contributed by atoms with Crippen molar-refractivity contribution >= 4 is 41.2 Å². The number of halogens is 2. The second-order valence-corrected chi connectivity index (χ2v) is 7.68. The fourth-order valence-corrected chi connectivity index (χ4v) is 3.15. The first-order chi connectivity index (χ1) is 14.2. The van der Waals surface area contributed by atoms with Crippen LogP contribution in [0.1, 0.15) is 31.9 Å². The molecule has 6 nitrogen and oxygen atoms in total. The molecule has 1 fully saturated rings. The molecule has 8 heteroatoms. The van der Waals surface area contributed by atoms with Crippen molar-refractivity contribution in [3.8, 4) is 11.5 Å². The molecule has 0 atom stereocenters. The maximum absolute atomic E-state index is 12.2. The molecule has 0 unspecified atom stereocenters. The highest BCUT2D eigenvalue weighted by Gasteiger charge is 2.39. The van der Waals surface area contributed by atoms with Gasteiger partial charge in [0, 0.05) is 30.5 Å². The first-order valence-corrected chi connectivity index (χ1v) is 9.96. The van der Waals surface area contributed by atoms with Gasteiger partial charge in [0.15, 0.2) is 11.5 Å². The average Bonchev–Trinajstić information content (AvgIpc) is 2.66. The zero-order chi connectivity index (χ0) is 21.9. The molecule has 0 aromatic heterocycles. The van der Waals surface area contributed by atoms with Crippen molar-refractivity contribution in [2.45, 2.75) is 33.2 Å². The van der Waals surface area contributed by atoms with Crippen LogP contribution in [0.4, 0.5) is 0 Å². The number of benzene rings is 2. The maximum Gasteiger partial charge on any atom is 0.348 e. The molecular weight excluding hydrogens is 431 g/mol. The van der Waals surface area contributed by atoms with Crippen LogP contribution in [0.2, 0.25) is 10.0 Å². The maximum atomic E-state index is 12.2. The second kappa shape index (κ2) is 8.98. The average molecular weight is 451 g/mol. The normalized spacial score (nSPS) is 15.3. The van der Waals surface area contributed by atoms with E-state index < -0.39 is 17.7 Å². The Balaban J connectivity index is 1.90. The van der Waals surface area contributed by atoms with E-state index in [1.807, 2.05) is 25.1 Å². The first-order valence-electron chi connectivity index (χ1n) is 9.21.